The predicted octanol–water partition coefficient (Wildman–Crippen LogP) is 4.04. The van der Waals surface area contributed by atoms with Gasteiger partial charge in [-0.2, -0.15) is 4.98 Å². The van der Waals surface area contributed by atoms with E-state index in [0.717, 1.165) is 16.5 Å². The van der Waals surface area contributed by atoms with E-state index in [1.54, 1.807) is 31.4 Å². The second-order valence-corrected chi connectivity index (χ2v) is 9.64. The molecule has 1 aromatic carbocycles. The van der Waals surface area contributed by atoms with Crippen molar-refractivity contribution < 1.29 is 13.2 Å². The Bertz CT molecular complexity index is 1550. The molecule has 0 amide bonds. The lowest BCUT2D eigenvalue weighted by molar-refractivity contribution is 0.385. The summed E-state index contributed by atoms with van der Waals surface area (Å²) in [5.41, 5.74) is 3.24. The molecule has 0 atom stereocenters. The third kappa shape index (κ3) is 4.78. The number of aromatic nitrogens is 4. The smallest absolute Gasteiger partial charge is 0.267 e. The number of anilines is 3. The minimum absolute atomic E-state index is 0.0169. The number of nitrogens with zero attached hydrogens (tertiary/aromatic N) is 5. The van der Waals surface area contributed by atoms with E-state index >= 15 is 0 Å². The summed E-state index contributed by atoms with van der Waals surface area (Å²) in [5.74, 6) is 1.18. The molecule has 10 nitrogen and oxygen atoms in total. The summed E-state index contributed by atoms with van der Waals surface area (Å²) in [6.45, 7) is 1.87. The molecule has 11 heteroatoms. The number of sulfonamides is 1. The van der Waals surface area contributed by atoms with Crippen molar-refractivity contribution >= 4 is 44.6 Å². The van der Waals surface area contributed by atoms with Gasteiger partial charge in [-0.15, -0.1) is 0 Å². The van der Waals surface area contributed by atoms with E-state index in [-0.39, 0.29) is 10.8 Å². The highest BCUT2D eigenvalue weighted by Gasteiger charge is 2.23. The van der Waals surface area contributed by atoms with Crippen LogP contribution in [-0.2, 0) is 10.0 Å². The van der Waals surface area contributed by atoms with Gasteiger partial charge in [0.2, 0.25) is 11.8 Å². The van der Waals surface area contributed by atoms with Crippen molar-refractivity contribution in [1.82, 2.24) is 19.9 Å². The molecule has 0 fully saturated rings. The van der Waals surface area contributed by atoms with Gasteiger partial charge in [-0.3, -0.25) is 4.72 Å². The molecule has 186 valence electrons. The SMILES string of the molecule is C/C=C/c1c(NS(=O)(=O)c2cccnc2OC)cccc1-c1cc2cnc(NC)nc2nc1N(C)C. The number of pyridine rings is 2. The largest absolute Gasteiger partial charge is 0.480 e. The average molecular weight is 506 g/mol. The van der Waals surface area contributed by atoms with Gasteiger partial charge in [0.15, 0.2) is 5.65 Å². The second kappa shape index (κ2) is 10.2. The van der Waals surface area contributed by atoms with Gasteiger partial charge in [-0.1, -0.05) is 24.3 Å². The Morgan fingerprint density at radius 1 is 1.06 bits per heavy atom. The number of benzene rings is 1. The van der Waals surface area contributed by atoms with Crippen LogP contribution in [0.3, 0.4) is 0 Å². The summed E-state index contributed by atoms with van der Waals surface area (Å²) in [7, 11) is 2.94. The molecule has 0 spiro atoms. The van der Waals surface area contributed by atoms with Gasteiger partial charge < -0.3 is 15.0 Å². The number of hydrogen-bond donors (Lipinski definition) is 2. The van der Waals surface area contributed by atoms with Gasteiger partial charge in [0, 0.05) is 50.0 Å². The molecule has 4 aromatic rings. The lowest BCUT2D eigenvalue weighted by atomic mass is 9.97. The van der Waals surface area contributed by atoms with Crippen LogP contribution in [0.2, 0.25) is 0 Å². The lowest BCUT2D eigenvalue weighted by Crippen LogP contribution is -2.16. The van der Waals surface area contributed by atoms with Crippen LogP contribution in [0.5, 0.6) is 5.88 Å². The molecule has 0 unspecified atom stereocenters. The molecule has 2 N–H and O–H groups in total. The van der Waals surface area contributed by atoms with E-state index < -0.39 is 10.0 Å². The molecule has 4 rings (SSSR count). The molecule has 0 radical (unpaired) electrons. The van der Waals surface area contributed by atoms with Crippen LogP contribution >= 0.6 is 0 Å². The van der Waals surface area contributed by atoms with Crippen molar-refractivity contribution in [2.24, 2.45) is 0 Å². The molecular formula is C25H27N7O3S. The van der Waals surface area contributed by atoms with Crippen molar-refractivity contribution in [2.45, 2.75) is 11.8 Å². The third-order valence-electron chi connectivity index (χ3n) is 5.39. The van der Waals surface area contributed by atoms with Crippen molar-refractivity contribution in [3.63, 3.8) is 0 Å². The Labute approximate surface area is 210 Å². The minimum Gasteiger partial charge on any atom is -0.480 e. The van der Waals surface area contributed by atoms with Crippen LogP contribution in [0, 0.1) is 0 Å². The zero-order valence-electron chi connectivity index (χ0n) is 20.6. The Morgan fingerprint density at radius 2 is 1.86 bits per heavy atom. The monoisotopic (exact) mass is 505 g/mol. The van der Waals surface area contributed by atoms with Crippen molar-refractivity contribution in [3.8, 4) is 17.0 Å². The van der Waals surface area contributed by atoms with Gasteiger partial charge in [-0.05, 0) is 36.8 Å². The summed E-state index contributed by atoms with van der Waals surface area (Å²) >= 11 is 0. The first-order valence-corrected chi connectivity index (χ1v) is 12.6. The molecule has 0 saturated carbocycles. The van der Waals surface area contributed by atoms with Crippen LogP contribution in [0.15, 0.2) is 59.8 Å². The number of methoxy groups -OCH3 is 1. The molecule has 0 aliphatic rings. The van der Waals surface area contributed by atoms with E-state index in [4.69, 9.17) is 9.72 Å². The average Bonchev–Trinajstić information content (AvgIpc) is 2.88. The van der Waals surface area contributed by atoms with E-state index in [1.165, 1.54) is 19.4 Å². The summed E-state index contributed by atoms with van der Waals surface area (Å²) in [6.07, 6.45) is 6.90. The topological polar surface area (TPSA) is 122 Å². The predicted molar refractivity (Wildman–Crippen MR) is 143 cm³/mol. The first-order chi connectivity index (χ1) is 17.3. The highest BCUT2D eigenvalue weighted by Crippen LogP contribution is 2.38. The maximum atomic E-state index is 13.3. The molecule has 3 heterocycles. The molecular weight excluding hydrogens is 478 g/mol. The van der Waals surface area contributed by atoms with Crippen LogP contribution in [-0.4, -0.2) is 56.6 Å². The quantitative estimate of drug-likeness (QED) is 0.365. The van der Waals surface area contributed by atoms with Gasteiger partial charge in [0.05, 0.1) is 12.8 Å². The molecule has 0 saturated heterocycles. The maximum Gasteiger partial charge on any atom is 0.267 e. The standard InChI is InChI=1S/C25H27N7O3S/c1-6-9-18-17(19-14-16-15-28-25(26-2)30-22(16)29-23(19)32(3)4)10-7-11-20(18)31-36(33,34)21-12-8-13-27-24(21)35-5/h6-15,31H,1-5H3,(H,26,28,29,30)/b9-6+. The number of fused-ring (bicyclic) bond motifs is 1. The maximum absolute atomic E-state index is 13.3. The molecule has 0 aliphatic carbocycles. The second-order valence-electron chi connectivity index (χ2n) is 7.99. The Morgan fingerprint density at radius 3 is 2.56 bits per heavy atom. The van der Waals surface area contributed by atoms with Crippen LogP contribution in [0.25, 0.3) is 28.2 Å². The lowest BCUT2D eigenvalue weighted by Gasteiger charge is -2.20. The first-order valence-electron chi connectivity index (χ1n) is 11.1. The highest BCUT2D eigenvalue weighted by molar-refractivity contribution is 7.92. The van der Waals surface area contributed by atoms with Gasteiger partial charge >= 0.3 is 0 Å². The Hall–Kier alpha value is -4.25. The minimum atomic E-state index is -3.99. The summed E-state index contributed by atoms with van der Waals surface area (Å²) in [5, 5.41) is 3.68. The number of rotatable bonds is 8. The van der Waals surface area contributed by atoms with Gasteiger partial charge in [0.25, 0.3) is 10.0 Å². The zero-order valence-corrected chi connectivity index (χ0v) is 21.5. The van der Waals surface area contributed by atoms with Crippen molar-refractivity contribution in [1.29, 1.82) is 0 Å². The number of ether oxygens (including phenoxy) is 1. The van der Waals surface area contributed by atoms with E-state index in [9.17, 15) is 8.42 Å². The van der Waals surface area contributed by atoms with Crippen LogP contribution < -0.4 is 19.7 Å². The van der Waals surface area contributed by atoms with E-state index in [1.807, 2.05) is 50.2 Å². The van der Waals surface area contributed by atoms with E-state index in [2.05, 4.69) is 25.0 Å². The Kier molecular flexibility index (Phi) is 7.02. The van der Waals surface area contributed by atoms with Crippen LogP contribution in [0.1, 0.15) is 12.5 Å². The zero-order chi connectivity index (χ0) is 25.9. The Balaban J connectivity index is 1.90. The van der Waals surface area contributed by atoms with Gasteiger partial charge in [-0.25, -0.2) is 23.4 Å². The van der Waals surface area contributed by atoms with Crippen molar-refractivity contribution in [2.75, 3.05) is 43.2 Å². The summed E-state index contributed by atoms with van der Waals surface area (Å²) in [4.78, 5) is 19.4. The third-order valence-corrected chi connectivity index (χ3v) is 6.77. The fourth-order valence-electron chi connectivity index (χ4n) is 3.78. The summed E-state index contributed by atoms with van der Waals surface area (Å²) < 4.78 is 34.5. The van der Waals surface area contributed by atoms with E-state index in [0.29, 0.717) is 28.7 Å². The van der Waals surface area contributed by atoms with Gasteiger partial charge in [0.1, 0.15) is 10.7 Å². The highest BCUT2D eigenvalue weighted by atomic mass is 32.2. The number of hydrogen-bond acceptors (Lipinski definition) is 9. The number of nitrogens with one attached hydrogen (secondary N) is 2. The molecule has 36 heavy (non-hydrogen) atoms. The first kappa shape index (κ1) is 24.9. The molecule has 0 bridgehead atoms. The normalized spacial score (nSPS) is 11.6. The molecule has 0 aliphatic heterocycles. The molecule has 3 aromatic heterocycles. The van der Waals surface area contributed by atoms with Crippen molar-refractivity contribution in [3.05, 3.63) is 60.4 Å². The fraction of sp³-hybridized carbons (Fsp3) is 0.200. The number of allylic oxidation sites excluding steroid dienone is 1. The summed E-state index contributed by atoms with van der Waals surface area (Å²) in [6, 6.07) is 10.4. The fourth-order valence-corrected chi connectivity index (χ4v) is 4.98. The van der Waals surface area contributed by atoms with Crippen LogP contribution in [0.4, 0.5) is 17.5 Å².